The monoisotopic (exact) mass is 399 g/mol. The van der Waals surface area contributed by atoms with E-state index in [1.807, 2.05) is 55.1 Å². The van der Waals surface area contributed by atoms with Gasteiger partial charge in [0.1, 0.15) is 6.61 Å². The highest BCUT2D eigenvalue weighted by molar-refractivity contribution is 6.30. The van der Waals surface area contributed by atoms with Crippen LogP contribution < -0.4 is 14.8 Å². The minimum atomic E-state index is 0.463. The smallest absolute Gasteiger partial charge is 0.161 e. The first-order chi connectivity index (χ1) is 13.5. The summed E-state index contributed by atoms with van der Waals surface area (Å²) in [6, 6.07) is 13.6. The van der Waals surface area contributed by atoms with Gasteiger partial charge >= 0.3 is 0 Å². The molecule has 0 aliphatic rings. The van der Waals surface area contributed by atoms with Crippen molar-refractivity contribution in [2.75, 3.05) is 7.11 Å². The van der Waals surface area contributed by atoms with Crippen molar-refractivity contribution in [3.63, 3.8) is 0 Å². The number of halogens is 1. The number of aromatic nitrogens is 2. The average Bonchev–Trinajstić information content (AvgIpc) is 2.94. The zero-order valence-corrected chi connectivity index (χ0v) is 17.5. The predicted octanol–water partition coefficient (Wildman–Crippen LogP) is 4.57. The third-order valence-electron chi connectivity index (χ3n) is 4.83. The quantitative estimate of drug-likeness (QED) is 0.602. The van der Waals surface area contributed by atoms with Gasteiger partial charge in [0.25, 0.3) is 0 Å². The number of nitrogens with zero attached hydrogens (tertiary/aromatic N) is 2. The molecule has 0 spiro atoms. The molecule has 0 fully saturated rings. The lowest BCUT2D eigenvalue weighted by Gasteiger charge is -2.13. The first-order valence-electron chi connectivity index (χ1n) is 9.22. The van der Waals surface area contributed by atoms with Crippen LogP contribution in [0.4, 0.5) is 0 Å². The maximum Gasteiger partial charge on any atom is 0.161 e. The number of hydrogen-bond donors (Lipinski definition) is 1. The van der Waals surface area contributed by atoms with Crippen molar-refractivity contribution in [3.8, 4) is 11.5 Å². The van der Waals surface area contributed by atoms with Gasteiger partial charge in [-0.1, -0.05) is 29.8 Å². The van der Waals surface area contributed by atoms with Gasteiger partial charge in [-0.3, -0.25) is 4.68 Å². The van der Waals surface area contributed by atoms with Crippen molar-refractivity contribution in [2.24, 2.45) is 7.05 Å². The Labute approximate surface area is 171 Å². The molecule has 0 atom stereocenters. The van der Waals surface area contributed by atoms with Crippen LogP contribution in [0.3, 0.4) is 0 Å². The summed E-state index contributed by atoms with van der Waals surface area (Å²) in [5.41, 5.74) is 5.69. The van der Waals surface area contributed by atoms with E-state index in [0.717, 1.165) is 46.4 Å². The molecule has 1 N–H and O–H groups in total. The standard InChI is InChI=1S/C22H26ClN3O2/c1-15-20(16(2)26(3)25-15)13-24-12-18-7-10-21(22(11-18)27-4)28-14-17-5-8-19(23)9-6-17/h5-11,24H,12-14H2,1-4H3. The largest absolute Gasteiger partial charge is 0.493 e. The van der Waals surface area contributed by atoms with E-state index in [9.17, 15) is 0 Å². The number of rotatable bonds is 8. The van der Waals surface area contributed by atoms with Gasteiger partial charge in [-0.25, -0.2) is 0 Å². The second-order valence-electron chi connectivity index (χ2n) is 6.78. The van der Waals surface area contributed by atoms with Crippen molar-refractivity contribution in [1.29, 1.82) is 0 Å². The summed E-state index contributed by atoms with van der Waals surface area (Å²) < 4.78 is 13.3. The summed E-state index contributed by atoms with van der Waals surface area (Å²) in [6.07, 6.45) is 0. The van der Waals surface area contributed by atoms with Crippen molar-refractivity contribution in [1.82, 2.24) is 15.1 Å². The lowest BCUT2D eigenvalue weighted by Crippen LogP contribution is -2.14. The summed E-state index contributed by atoms with van der Waals surface area (Å²) in [7, 11) is 3.63. The Morgan fingerprint density at radius 3 is 2.36 bits per heavy atom. The molecular formula is C22H26ClN3O2. The third kappa shape index (κ3) is 4.86. The molecule has 2 aromatic carbocycles. The highest BCUT2D eigenvalue weighted by atomic mass is 35.5. The van der Waals surface area contributed by atoms with Gasteiger partial charge in [0, 0.05) is 36.4 Å². The molecule has 0 saturated carbocycles. The van der Waals surface area contributed by atoms with E-state index in [2.05, 4.69) is 23.4 Å². The number of benzene rings is 2. The molecule has 0 radical (unpaired) electrons. The molecule has 1 aromatic heterocycles. The molecule has 0 amide bonds. The Hall–Kier alpha value is -2.50. The van der Waals surface area contributed by atoms with E-state index >= 15 is 0 Å². The minimum absolute atomic E-state index is 0.463. The van der Waals surface area contributed by atoms with Gasteiger partial charge in [0.2, 0.25) is 0 Å². The van der Waals surface area contributed by atoms with E-state index in [1.54, 1.807) is 7.11 Å². The van der Waals surface area contributed by atoms with Crippen molar-refractivity contribution in [3.05, 3.63) is 75.6 Å². The second-order valence-corrected chi connectivity index (χ2v) is 7.21. The lowest BCUT2D eigenvalue weighted by atomic mass is 10.1. The number of methoxy groups -OCH3 is 1. The van der Waals surface area contributed by atoms with Gasteiger partial charge in [-0.15, -0.1) is 0 Å². The van der Waals surface area contributed by atoms with Crippen LogP contribution in [-0.2, 0) is 26.7 Å². The van der Waals surface area contributed by atoms with Gasteiger partial charge in [-0.2, -0.15) is 5.10 Å². The number of hydrogen-bond acceptors (Lipinski definition) is 4. The maximum absolute atomic E-state index is 5.92. The predicted molar refractivity (Wildman–Crippen MR) is 112 cm³/mol. The molecule has 1 heterocycles. The Bertz CT molecular complexity index is 936. The summed E-state index contributed by atoms with van der Waals surface area (Å²) in [6.45, 7) is 6.11. The van der Waals surface area contributed by atoms with Crippen LogP contribution in [0.15, 0.2) is 42.5 Å². The molecule has 6 heteroatoms. The van der Waals surface area contributed by atoms with Crippen LogP contribution in [0.2, 0.25) is 5.02 Å². The Balaban J connectivity index is 1.60. The van der Waals surface area contributed by atoms with E-state index < -0.39 is 0 Å². The summed E-state index contributed by atoms with van der Waals surface area (Å²) >= 11 is 5.92. The molecule has 3 aromatic rings. The average molecular weight is 400 g/mol. The van der Waals surface area contributed by atoms with Crippen LogP contribution in [0.1, 0.15) is 28.1 Å². The highest BCUT2D eigenvalue weighted by Gasteiger charge is 2.10. The van der Waals surface area contributed by atoms with E-state index in [-0.39, 0.29) is 0 Å². The SMILES string of the molecule is COc1cc(CNCc2c(C)nn(C)c2C)ccc1OCc1ccc(Cl)cc1. The summed E-state index contributed by atoms with van der Waals surface area (Å²) in [4.78, 5) is 0. The Kier molecular flexibility index (Phi) is 6.60. The van der Waals surface area contributed by atoms with Gasteiger partial charge < -0.3 is 14.8 Å². The highest BCUT2D eigenvalue weighted by Crippen LogP contribution is 2.29. The number of nitrogens with one attached hydrogen (secondary N) is 1. The fourth-order valence-corrected chi connectivity index (χ4v) is 3.21. The summed E-state index contributed by atoms with van der Waals surface area (Å²) in [5.74, 6) is 1.45. The molecule has 28 heavy (non-hydrogen) atoms. The minimum Gasteiger partial charge on any atom is -0.493 e. The Morgan fingerprint density at radius 1 is 1.00 bits per heavy atom. The van der Waals surface area contributed by atoms with E-state index in [4.69, 9.17) is 21.1 Å². The number of aryl methyl sites for hydroxylation is 2. The van der Waals surface area contributed by atoms with Crippen molar-refractivity contribution >= 4 is 11.6 Å². The molecular weight excluding hydrogens is 374 g/mol. The lowest BCUT2D eigenvalue weighted by molar-refractivity contribution is 0.284. The van der Waals surface area contributed by atoms with E-state index in [1.165, 1.54) is 11.3 Å². The molecule has 0 unspecified atom stereocenters. The van der Waals surface area contributed by atoms with Crippen LogP contribution in [0.5, 0.6) is 11.5 Å². The molecule has 5 nitrogen and oxygen atoms in total. The topological polar surface area (TPSA) is 48.3 Å². The zero-order valence-electron chi connectivity index (χ0n) is 16.8. The molecule has 0 aliphatic carbocycles. The number of ether oxygens (including phenoxy) is 2. The Morgan fingerprint density at radius 2 is 1.71 bits per heavy atom. The second kappa shape index (κ2) is 9.13. The van der Waals surface area contributed by atoms with Gasteiger partial charge in [0.15, 0.2) is 11.5 Å². The molecule has 0 saturated heterocycles. The molecule has 3 rings (SSSR count). The van der Waals surface area contributed by atoms with Gasteiger partial charge in [-0.05, 0) is 49.2 Å². The third-order valence-corrected chi connectivity index (χ3v) is 5.08. The molecule has 0 aliphatic heterocycles. The zero-order chi connectivity index (χ0) is 20.1. The maximum atomic E-state index is 5.92. The first-order valence-corrected chi connectivity index (χ1v) is 9.59. The fourth-order valence-electron chi connectivity index (χ4n) is 3.09. The molecule has 148 valence electrons. The van der Waals surface area contributed by atoms with E-state index in [0.29, 0.717) is 6.61 Å². The summed E-state index contributed by atoms with van der Waals surface area (Å²) in [5, 5.41) is 8.66. The van der Waals surface area contributed by atoms with Crippen LogP contribution in [0, 0.1) is 13.8 Å². The van der Waals surface area contributed by atoms with Crippen molar-refractivity contribution in [2.45, 2.75) is 33.5 Å². The van der Waals surface area contributed by atoms with Crippen LogP contribution in [0.25, 0.3) is 0 Å². The fraction of sp³-hybridized carbons (Fsp3) is 0.318. The van der Waals surface area contributed by atoms with Crippen LogP contribution >= 0.6 is 11.6 Å². The van der Waals surface area contributed by atoms with Gasteiger partial charge in [0.05, 0.1) is 12.8 Å². The molecule has 0 bridgehead atoms. The normalized spacial score (nSPS) is 10.9. The van der Waals surface area contributed by atoms with Crippen molar-refractivity contribution < 1.29 is 9.47 Å². The first kappa shape index (κ1) is 20.2. The van der Waals surface area contributed by atoms with Crippen LogP contribution in [-0.4, -0.2) is 16.9 Å².